The standard InChI is InChI=1S/C41H54N4O12/c1-51-26-34(46)33(21-28-9-3-2-4-10-28)44-36(47)16-15-30-22-32(55-40(50)43-24-29-11-5-13-35-38(29)54-27-53-35)23-41(56-30)17-6-12-31(57-41)25-52-39(49)42-18-8-20-45-19-7-14-37(45)48/h2-5,9-11,13,30-33H,6-8,12,14-27H2,1H3,(H,42,49)(H,43,50)(H,44,47)/t30-,31-,32-,33+,41+/m1/s1. The molecule has 4 aliphatic rings. The Labute approximate surface area is 332 Å². The van der Waals surface area contributed by atoms with Gasteiger partial charge in [-0.3, -0.25) is 14.4 Å². The zero-order valence-corrected chi connectivity index (χ0v) is 32.5. The van der Waals surface area contributed by atoms with Crippen LogP contribution >= 0.6 is 0 Å². The van der Waals surface area contributed by atoms with Crippen LogP contribution in [0.5, 0.6) is 11.5 Å². The molecule has 0 aromatic heterocycles. The molecule has 1 spiro atoms. The lowest BCUT2D eigenvalue weighted by Crippen LogP contribution is -2.54. The molecule has 6 rings (SSSR count). The number of amides is 4. The van der Waals surface area contributed by atoms with Crippen molar-refractivity contribution >= 4 is 29.8 Å². The highest BCUT2D eigenvalue weighted by molar-refractivity contribution is 5.90. The molecule has 16 nitrogen and oxygen atoms in total. The molecule has 3 fully saturated rings. The first kappa shape index (κ1) is 41.7. The van der Waals surface area contributed by atoms with E-state index in [1.165, 1.54) is 7.11 Å². The first-order valence-electron chi connectivity index (χ1n) is 19.9. The zero-order valence-electron chi connectivity index (χ0n) is 32.5. The molecule has 3 N–H and O–H groups in total. The van der Waals surface area contributed by atoms with E-state index in [4.69, 9.17) is 33.2 Å². The van der Waals surface area contributed by atoms with E-state index in [2.05, 4.69) is 16.0 Å². The maximum Gasteiger partial charge on any atom is 0.407 e. The molecule has 2 aromatic carbocycles. The van der Waals surface area contributed by atoms with E-state index in [1.54, 1.807) is 11.0 Å². The van der Waals surface area contributed by atoms with E-state index in [0.29, 0.717) is 69.5 Å². The fraction of sp³-hybridized carbons (Fsp3) is 0.585. The van der Waals surface area contributed by atoms with Crippen molar-refractivity contribution in [2.45, 2.75) is 107 Å². The SMILES string of the molecule is COCC(=O)[C@H](Cc1ccccc1)NC(=O)CC[C@@H]1C[C@@H](OC(=O)NCc2cccc3c2OCO3)C[C@@]2(CCC[C@H](COC(=O)NCCCN3CCCC3=O)O2)O1. The van der Waals surface area contributed by atoms with Gasteiger partial charge in [0.25, 0.3) is 0 Å². The van der Waals surface area contributed by atoms with Crippen LogP contribution in [0.3, 0.4) is 0 Å². The Bertz CT molecular complexity index is 1690. The molecular formula is C41H54N4O12. The molecule has 4 heterocycles. The van der Waals surface area contributed by atoms with E-state index in [-0.39, 0.29) is 63.4 Å². The van der Waals surface area contributed by atoms with Gasteiger partial charge in [-0.25, -0.2) is 9.59 Å². The number of para-hydroxylation sites is 1. The lowest BCUT2D eigenvalue weighted by atomic mass is 9.90. The molecule has 0 unspecified atom stereocenters. The molecular weight excluding hydrogens is 740 g/mol. The molecule has 0 bridgehead atoms. The molecule has 5 atom stereocenters. The van der Waals surface area contributed by atoms with Crippen molar-refractivity contribution < 1.29 is 57.1 Å². The average Bonchev–Trinajstić information content (AvgIpc) is 3.86. The Hall–Kier alpha value is -4.93. The van der Waals surface area contributed by atoms with Crippen LogP contribution in [0.2, 0.25) is 0 Å². The van der Waals surface area contributed by atoms with Crippen LogP contribution in [-0.2, 0) is 51.0 Å². The molecule has 310 valence electrons. The second-order valence-corrected chi connectivity index (χ2v) is 14.9. The van der Waals surface area contributed by atoms with Crippen LogP contribution in [0, 0.1) is 0 Å². The van der Waals surface area contributed by atoms with Crippen molar-refractivity contribution in [1.29, 1.82) is 0 Å². The maximum absolute atomic E-state index is 13.3. The lowest BCUT2D eigenvalue weighted by molar-refractivity contribution is -0.329. The summed E-state index contributed by atoms with van der Waals surface area (Å²) in [5.41, 5.74) is 1.65. The highest BCUT2D eigenvalue weighted by Gasteiger charge is 2.47. The molecule has 4 aliphatic heterocycles. The van der Waals surface area contributed by atoms with Crippen LogP contribution in [0.4, 0.5) is 9.59 Å². The van der Waals surface area contributed by atoms with Crippen molar-refractivity contribution in [1.82, 2.24) is 20.9 Å². The minimum atomic E-state index is -1.15. The van der Waals surface area contributed by atoms with Gasteiger partial charge in [-0.1, -0.05) is 42.5 Å². The first-order chi connectivity index (χ1) is 27.7. The molecule has 0 radical (unpaired) electrons. The number of nitrogens with one attached hydrogen (secondary N) is 3. The zero-order chi connectivity index (χ0) is 40.0. The fourth-order valence-corrected chi connectivity index (χ4v) is 7.77. The van der Waals surface area contributed by atoms with E-state index < -0.39 is 42.3 Å². The van der Waals surface area contributed by atoms with Crippen molar-refractivity contribution in [3.8, 4) is 11.5 Å². The summed E-state index contributed by atoms with van der Waals surface area (Å²) in [4.78, 5) is 65.6. The van der Waals surface area contributed by atoms with Crippen LogP contribution in [-0.4, -0.2) is 112 Å². The van der Waals surface area contributed by atoms with Gasteiger partial charge in [0, 0.05) is 71.0 Å². The number of carbonyl (C=O) groups is 5. The number of nitrogens with zero attached hydrogens (tertiary/aromatic N) is 1. The maximum atomic E-state index is 13.3. The monoisotopic (exact) mass is 794 g/mol. The molecule has 57 heavy (non-hydrogen) atoms. The van der Waals surface area contributed by atoms with Gasteiger partial charge < -0.3 is 54.0 Å². The van der Waals surface area contributed by atoms with Gasteiger partial charge in [-0.05, 0) is 50.2 Å². The smallest absolute Gasteiger partial charge is 0.407 e. The normalized spacial score (nSPS) is 23.1. The summed E-state index contributed by atoms with van der Waals surface area (Å²) in [5.74, 6) is -0.382. The molecule has 2 aromatic rings. The predicted molar refractivity (Wildman–Crippen MR) is 203 cm³/mol. The predicted octanol–water partition coefficient (Wildman–Crippen LogP) is 3.92. The average molecular weight is 795 g/mol. The summed E-state index contributed by atoms with van der Waals surface area (Å²) in [6, 6.07) is 14.1. The largest absolute Gasteiger partial charge is 0.454 e. The van der Waals surface area contributed by atoms with Gasteiger partial charge in [0.2, 0.25) is 18.6 Å². The summed E-state index contributed by atoms with van der Waals surface area (Å²) in [6.07, 6.45) is 2.26. The summed E-state index contributed by atoms with van der Waals surface area (Å²) in [7, 11) is 1.44. The van der Waals surface area contributed by atoms with Crippen molar-refractivity contribution in [3.63, 3.8) is 0 Å². The molecule has 4 amide bonds. The fourth-order valence-electron chi connectivity index (χ4n) is 7.77. The number of benzene rings is 2. The number of fused-ring (bicyclic) bond motifs is 1. The third kappa shape index (κ3) is 12.3. The van der Waals surface area contributed by atoms with Gasteiger partial charge in [0.05, 0.1) is 18.2 Å². The van der Waals surface area contributed by atoms with E-state index in [9.17, 15) is 24.0 Å². The van der Waals surface area contributed by atoms with Crippen molar-refractivity contribution in [2.75, 3.05) is 46.8 Å². The van der Waals surface area contributed by atoms with Gasteiger partial charge >= 0.3 is 12.2 Å². The number of hydrogen-bond donors (Lipinski definition) is 3. The third-order valence-corrected chi connectivity index (χ3v) is 10.5. The molecule has 16 heteroatoms. The Balaban J connectivity index is 1.05. The number of likely N-dealkylation sites (tertiary alicyclic amines) is 1. The lowest BCUT2D eigenvalue weighted by Gasteiger charge is -2.47. The molecule has 0 aliphatic carbocycles. The van der Waals surface area contributed by atoms with Gasteiger partial charge in [-0.2, -0.15) is 0 Å². The number of ketones is 1. The van der Waals surface area contributed by atoms with Gasteiger partial charge in [0.15, 0.2) is 23.1 Å². The number of ether oxygens (including phenoxy) is 7. The number of carbonyl (C=O) groups excluding carboxylic acids is 5. The number of Topliss-reactive ketones (excluding diaryl/α,β-unsaturated/α-hetero) is 1. The van der Waals surface area contributed by atoms with Gasteiger partial charge in [0.1, 0.15) is 19.3 Å². The highest BCUT2D eigenvalue weighted by atomic mass is 16.7. The third-order valence-electron chi connectivity index (χ3n) is 10.5. The van der Waals surface area contributed by atoms with E-state index in [1.807, 2.05) is 42.5 Å². The summed E-state index contributed by atoms with van der Waals surface area (Å²) in [5, 5.41) is 8.43. The molecule has 3 saturated heterocycles. The second kappa shape index (κ2) is 20.5. The van der Waals surface area contributed by atoms with Crippen LogP contribution in [0.25, 0.3) is 0 Å². The van der Waals surface area contributed by atoms with E-state index in [0.717, 1.165) is 24.1 Å². The number of alkyl carbamates (subject to hydrolysis) is 2. The Morgan fingerprint density at radius 2 is 1.82 bits per heavy atom. The quantitative estimate of drug-likeness (QED) is 0.185. The van der Waals surface area contributed by atoms with Crippen LogP contribution in [0.1, 0.15) is 75.3 Å². The second-order valence-electron chi connectivity index (χ2n) is 14.9. The number of hydrogen-bond acceptors (Lipinski definition) is 12. The van der Waals surface area contributed by atoms with Crippen LogP contribution < -0.4 is 25.4 Å². The summed E-state index contributed by atoms with van der Waals surface area (Å²) >= 11 is 0. The van der Waals surface area contributed by atoms with Gasteiger partial charge in [-0.15, -0.1) is 0 Å². The summed E-state index contributed by atoms with van der Waals surface area (Å²) < 4.78 is 40.7. The minimum absolute atomic E-state index is 0.00781. The van der Waals surface area contributed by atoms with E-state index >= 15 is 0 Å². The summed E-state index contributed by atoms with van der Waals surface area (Å²) in [6.45, 7) is 1.84. The molecule has 0 saturated carbocycles. The highest BCUT2D eigenvalue weighted by Crippen LogP contribution is 2.41. The Kier molecular flexibility index (Phi) is 15.0. The Morgan fingerprint density at radius 3 is 2.63 bits per heavy atom. The number of methoxy groups -OCH3 is 1. The Morgan fingerprint density at radius 1 is 0.982 bits per heavy atom. The topological polar surface area (TPSA) is 189 Å². The van der Waals surface area contributed by atoms with Crippen molar-refractivity contribution in [3.05, 3.63) is 59.7 Å². The van der Waals surface area contributed by atoms with Crippen LogP contribution in [0.15, 0.2) is 48.5 Å². The van der Waals surface area contributed by atoms with Crippen molar-refractivity contribution in [2.24, 2.45) is 0 Å². The number of rotatable bonds is 18. The first-order valence-corrected chi connectivity index (χ1v) is 19.9. The minimum Gasteiger partial charge on any atom is -0.454 e.